The number of hydrogen-bond acceptors (Lipinski definition) is 5. The Morgan fingerprint density at radius 2 is 1.68 bits per heavy atom. The standard InChI is InChI=1S/C19H18N4O5/c1-28-14-9-7-13(8-10-14)22-17(25)21-18(26)23(19(22)27)15(16(20)24)11-12-5-3-2-4-6-12/h2-10,15H,11H2,1H3,(H2,20,24)(H,21,25,26)/t15-/m0/s1. The summed E-state index contributed by atoms with van der Waals surface area (Å²) in [6, 6.07) is 13.6. The number of aromatic nitrogens is 3. The molecule has 0 aliphatic rings. The molecular formula is C19H18N4O5. The summed E-state index contributed by atoms with van der Waals surface area (Å²) in [5.74, 6) is -0.336. The fourth-order valence-electron chi connectivity index (χ4n) is 2.88. The average Bonchev–Trinajstić information content (AvgIpc) is 2.68. The van der Waals surface area contributed by atoms with Crippen molar-refractivity contribution in [3.05, 3.63) is 91.6 Å². The number of methoxy groups -OCH3 is 1. The minimum atomic E-state index is -1.26. The van der Waals surface area contributed by atoms with E-state index in [9.17, 15) is 19.2 Å². The molecule has 3 rings (SSSR count). The predicted molar refractivity (Wildman–Crippen MR) is 102 cm³/mol. The van der Waals surface area contributed by atoms with Crippen molar-refractivity contribution >= 4 is 5.91 Å². The number of amides is 1. The van der Waals surface area contributed by atoms with E-state index in [1.165, 1.54) is 19.2 Å². The van der Waals surface area contributed by atoms with Gasteiger partial charge in [0.05, 0.1) is 12.8 Å². The molecule has 1 amide bonds. The van der Waals surface area contributed by atoms with Crippen LogP contribution in [-0.2, 0) is 11.2 Å². The number of carbonyl (C=O) groups is 1. The van der Waals surface area contributed by atoms with Crippen molar-refractivity contribution in [3.8, 4) is 11.4 Å². The molecule has 1 aromatic heterocycles. The first-order valence-corrected chi connectivity index (χ1v) is 8.38. The molecule has 0 fully saturated rings. The van der Waals surface area contributed by atoms with Gasteiger partial charge in [0.25, 0.3) is 0 Å². The Bertz CT molecular complexity index is 1160. The molecule has 0 saturated carbocycles. The van der Waals surface area contributed by atoms with E-state index in [2.05, 4.69) is 4.98 Å². The Labute approximate surface area is 158 Å². The maximum Gasteiger partial charge on any atom is 0.341 e. The third-order valence-corrected chi connectivity index (χ3v) is 4.28. The highest BCUT2D eigenvalue weighted by molar-refractivity contribution is 5.78. The highest BCUT2D eigenvalue weighted by atomic mass is 16.5. The predicted octanol–water partition coefficient (Wildman–Crippen LogP) is -0.0348. The highest BCUT2D eigenvalue weighted by Gasteiger charge is 2.24. The summed E-state index contributed by atoms with van der Waals surface area (Å²) in [6.07, 6.45) is 0.0278. The molecule has 0 unspecified atom stereocenters. The number of nitrogens with one attached hydrogen (secondary N) is 1. The van der Waals surface area contributed by atoms with E-state index in [0.717, 1.165) is 4.57 Å². The molecule has 2 aromatic carbocycles. The molecule has 9 heteroatoms. The molecule has 0 radical (unpaired) electrons. The fourth-order valence-corrected chi connectivity index (χ4v) is 2.88. The van der Waals surface area contributed by atoms with E-state index in [-0.39, 0.29) is 12.1 Å². The molecule has 9 nitrogen and oxygen atoms in total. The molecule has 1 atom stereocenters. The number of H-pyrrole nitrogens is 1. The van der Waals surface area contributed by atoms with Gasteiger partial charge >= 0.3 is 17.1 Å². The second-order valence-electron chi connectivity index (χ2n) is 6.03. The van der Waals surface area contributed by atoms with Gasteiger partial charge in [0.2, 0.25) is 5.91 Å². The van der Waals surface area contributed by atoms with Crippen LogP contribution in [0.15, 0.2) is 69.0 Å². The molecule has 3 N–H and O–H groups in total. The quantitative estimate of drug-likeness (QED) is 0.618. The molecule has 0 aliphatic heterocycles. The van der Waals surface area contributed by atoms with E-state index in [1.807, 2.05) is 0 Å². The number of nitrogens with two attached hydrogens (primary N) is 1. The minimum absolute atomic E-state index is 0.0278. The van der Waals surface area contributed by atoms with Gasteiger partial charge in [0.15, 0.2) is 0 Å². The van der Waals surface area contributed by atoms with Crippen molar-refractivity contribution in [1.29, 1.82) is 0 Å². The summed E-state index contributed by atoms with van der Waals surface area (Å²) in [5.41, 5.74) is 3.51. The Kier molecular flexibility index (Phi) is 5.25. The van der Waals surface area contributed by atoms with Gasteiger partial charge in [-0.15, -0.1) is 0 Å². The smallest absolute Gasteiger partial charge is 0.341 e. The normalized spacial score (nSPS) is 11.8. The van der Waals surface area contributed by atoms with Gasteiger partial charge in [-0.2, -0.15) is 0 Å². The largest absolute Gasteiger partial charge is 0.497 e. The lowest BCUT2D eigenvalue weighted by Crippen LogP contribution is -2.52. The second-order valence-corrected chi connectivity index (χ2v) is 6.03. The van der Waals surface area contributed by atoms with Gasteiger partial charge in [-0.05, 0) is 29.8 Å². The Hall–Kier alpha value is -3.88. The first-order chi connectivity index (χ1) is 13.4. The molecule has 1 heterocycles. The number of hydrogen-bond donors (Lipinski definition) is 2. The maximum atomic E-state index is 13.0. The molecule has 0 saturated heterocycles. The SMILES string of the molecule is COc1ccc(-n2c(=O)[nH]c(=O)n([C@@H](Cc3ccccc3)C(N)=O)c2=O)cc1. The monoisotopic (exact) mass is 382 g/mol. The number of benzene rings is 2. The number of rotatable bonds is 6. The number of carbonyl (C=O) groups excluding carboxylic acids is 1. The zero-order chi connectivity index (χ0) is 20.3. The molecule has 28 heavy (non-hydrogen) atoms. The number of primary amides is 1. The molecule has 3 aromatic rings. The van der Waals surface area contributed by atoms with Gasteiger partial charge in [0.1, 0.15) is 11.8 Å². The summed E-state index contributed by atoms with van der Waals surface area (Å²) in [5, 5.41) is 0. The highest BCUT2D eigenvalue weighted by Crippen LogP contribution is 2.13. The lowest BCUT2D eigenvalue weighted by Gasteiger charge is -2.17. The molecule has 0 aliphatic carbocycles. The first-order valence-electron chi connectivity index (χ1n) is 8.38. The van der Waals surface area contributed by atoms with E-state index < -0.39 is 29.0 Å². The number of aromatic amines is 1. The van der Waals surface area contributed by atoms with Gasteiger partial charge in [-0.3, -0.25) is 9.78 Å². The van der Waals surface area contributed by atoms with Crippen LogP contribution >= 0.6 is 0 Å². The van der Waals surface area contributed by atoms with E-state index in [0.29, 0.717) is 15.9 Å². The fraction of sp³-hybridized carbons (Fsp3) is 0.158. The summed E-state index contributed by atoms with van der Waals surface area (Å²) in [4.78, 5) is 51.7. The zero-order valence-corrected chi connectivity index (χ0v) is 15.0. The van der Waals surface area contributed by atoms with Crippen molar-refractivity contribution in [1.82, 2.24) is 14.1 Å². The molecular weight excluding hydrogens is 364 g/mol. The van der Waals surface area contributed by atoms with Crippen LogP contribution in [0.4, 0.5) is 0 Å². The lowest BCUT2D eigenvalue weighted by atomic mass is 10.1. The third kappa shape index (κ3) is 3.63. The average molecular weight is 382 g/mol. The summed E-state index contributed by atoms with van der Waals surface area (Å²) < 4.78 is 6.49. The lowest BCUT2D eigenvalue weighted by molar-refractivity contribution is -0.121. The van der Waals surface area contributed by atoms with Crippen LogP contribution in [0.1, 0.15) is 11.6 Å². The maximum absolute atomic E-state index is 13.0. The van der Waals surface area contributed by atoms with Crippen molar-refractivity contribution < 1.29 is 9.53 Å². The van der Waals surface area contributed by atoms with Crippen LogP contribution in [0.5, 0.6) is 5.75 Å². The molecule has 0 bridgehead atoms. The van der Waals surface area contributed by atoms with Gasteiger partial charge in [-0.1, -0.05) is 30.3 Å². The van der Waals surface area contributed by atoms with Crippen LogP contribution < -0.4 is 27.5 Å². The van der Waals surface area contributed by atoms with Crippen molar-refractivity contribution in [2.45, 2.75) is 12.5 Å². The van der Waals surface area contributed by atoms with Crippen LogP contribution in [0, 0.1) is 0 Å². The van der Waals surface area contributed by atoms with Crippen LogP contribution in [0.2, 0.25) is 0 Å². The summed E-state index contributed by atoms with van der Waals surface area (Å²) in [7, 11) is 1.48. The summed E-state index contributed by atoms with van der Waals surface area (Å²) >= 11 is 0. The van der Waals surface area contributed by atoms with Crippen molar-refractivity contribution in [2.24, 2.45) is 5.73 Å². The second kappa shape index (κ2) is 7.78. The Balaban J connectivity index is 2.17. The zero-order valence-electron chi connectivity index (χ0n) is 15.0. The van der Waals surface area contributed by atoms with Gasteiger partial charge < -0.3 is 10.5 Å². The van der Waals surface area contributed by atoms with Crippen molar-refractivity contribution in [3.63, 3.8) is 0 Å². The van der Waals surface area contributed by atoms with Crippen LogP contribution in [-0.4, -0.2) is 27.1 Å². The molecule has 144 valence electrons. The topological polar surface area (TPSA) is 129 Å². The third-order valence-electron chi connectivity index (χ3n) is 4.28. The van der Waals surface area contributed by atoms with Crippen LogP contribution in [0.25, 0.3) is 5.69 Å². The number of ether oxygens (including phenoxy) is 1. The van der Waals surface area contributed by atoms with E-state index in [1.54, 1.807) is 42.5 Å². The summed E-state index contributed by atoms with van der Waals surface area (Å²) in [6.45, 7) is 0. The minimum Gasteiger partial charge on any atom is -0.497 e. The van der Waals surface area contributed by atoms with Gasteiger partial charge in [-0.25, -0.2) is 23.5 Å². The first kappa shape index (κ1) is 18.9. The van der Waals surface area contributed by atoms with E-state index >= 15 is 0 Å². The molecule has 0 spiro atoms. The van der Waals surface area contributed by atoms with E-state index in [4.69, 9.17) is 10.5 Å². The van der Waals surface area contributed by atoms with Crippen LogP contribution in [0.3, 0.4) is 0 Å². The van der Waals surface area contributed by atoms with Crippen molar-refractivity contribution in [2.75, 3.05) is 7.11 Å². The Morgan fingerprint density at radius 3 is 2.25 bits per heavy atom. The number of nitrogens with zero attached hydrogens (tertiary/aromatic N) is 2. The Morgan fingerprint density at radius 1 is 1.04 bits per heavy atom. The van der Waals surface area contributed by atoms with Gasteiger partial charge in [0, 0.05) is 6.42 Å².